The number of nitrogens with one attached hydrogen (secondary N) is 2. The molecule has 0 unspecified atom stereocenters. The number of hydrogen-bond acceptors (Lipinski definition) is 4. The van der Waals surface area contributed by atoms with Gasteiger partial charge >= 0.3 is 12.2 Å². The number of urea groups is 1. The van der Waals surface area contributed by atoms with Gasteiger partial charge in [-0.3, -0.25) is 4.98 Å². The number of alkyl halides is 3. The van der Waals surface area contributed by atoms with Crippen LogP contribution in [-0.2, 0) is 35.7 Å². The summed E-state index contributed by atoms with van der Waals surface area (Å²) in [4.78, 5) is 16.0. The van der Waals surface area contributed by atoms with Crippen LogP contribution in [0.4, 0.5) is 23.7 Å². The molecule has 3 aromatic rings. The van der Waals surface area contributed by atoms with E-state index in [2.05, 4.69) is 15.6 Å². The first-order chi connectivity index (χ1) is 16.1. The highest BCUT2D eigenvalue weighted by atomic mass is 32.2. The van der Waals surface area contributed by atoms with Gasteiger partial charge in [0.2, 0.25) is 10.0 Å². The minimum atomic E-state index is -4.44. The fourth-order valence-corrected chi connectivity index (χ4v) is 5.05. The summed E-state index contributed by atoms with van der Waals surface area (Å²) in [5.41, 5.74) is 1.60. The first-order valence-electron chi connectivity index (χ1n) is 10.4. The van der Waals surface area contributed by atoms with Crippen LogP contribution in [0.25, 0.3) is 0 Å². The third-order valence-corrected chi connectivity index (χ3v) is 7.32. The molecule has 0 fully saturated rings. The molecule has 2 heterocycles. The number of fused-ring (bicyclic) bond motifs is 1. The predicted octanol–water partition coefficient (Wildman–Crippen LogP) is 4.17. The molecule has 0 saturated heterocycles. The lowest BCUT2D eigenvalue weighted by Crippen LogP contribution is -2.36. The third-order valence-electron chi connectivity index (χ3n) is 5.46. The number of aromatic nitrogens is 1. The molecule has 2 N–H and O–H groups in total. The van der Waals surface area contributed by atoms with E-state index in [0.717, 1.165) is 17.7 Å². The topological polar surface area (TPSA) is 91.4 Å². The first-order valence-corrected chi connectivity index (χ1v) is 11.8. The maximum absolute atomic E-state index is 13.1. The lowest BCUT2D eigenvalue weighted by atomic mass is 9.98. The molecule has 2 amide bonds. The molecule has 1 aliphatic rings. The van der Waals surface area contributed by atoms with Crippen LogP contribution in [0, 0.1) is 0 Å². The quantitative estimate of drug-likeness (QED) is 0.562. The van der Waals surface area contributed by atoms with Crippen molar-refractivity contribution in [3.63, 3.8) is 0 Å². The summed E-state index contributed by atoms with van der Waals surface area (Å²) in [5, 5.41) is 5.33. The van der Waals surface area contributed by atoms with E-state index in [1.165, 1.54) is 34.6 Å². The Labute approximate surface area is 194 Å². The largest absolute Gasteiger partial charge is 0.416 e. The Hall–Kier alpha value is -3.44. The van der Waals surface area contributed by atoms with Crippen molar-refractivity contribution in [2.24, 2.45) is 0 Å². The number of benzene rings is 2. The van der Waals surface area contributed by atoms with E-state index in [1.807, 2.05) is 0 Å². The Balaban J connectivity index is 1.39. The molecule has 11 heteroatoms. The van der Waals surface area contributed by atoms with E-state index < -0.39 is 27.8 Å². The van der Waals surface area contributed by atoms with Gasteiger partial charge in [0.05, 0.1) is 10.5 Å². The fourth-order valence-electron chi connectivity index (χ4n) is 3.63. The van der Waals surface area contributed by atoms with Crippen LogP contribution < -0.4 is 10.6 Å². The van der Waals surface area contributed by atoms with Crippen LogP contribution in [0.3, 0.4) is 0 Å². The Kier molecular flexibility index (Phi) is 6.58. The van der Waals surface area contributed by atoms with Gasteiger partial charge in [0.25, 0.3) is 0 Å². The smallest absolute Gasteiger partial charge is 0.334 e. The number of anilines is 1. The zero-order valence-corrected chi connectivity index (χ0v) is 18.7. The second-order valence-electron chi connectivity index (χ2n) is 7.76. The molecular formula is C23H21F3N4O3S. The van der Waals surface area contributed by atoms with Gasteiger partial charge in [0.15, 0.2) is 0 Å². The molecule has 0 atom stereocenters. The van der Waals surface area contributed by atoms with Crippen LogP contribution in [0.5, 0.6) is 0 Å². The number of nitrogens with zero attached hydrogens (tertiary/aromatic N) is 2. The fraction of sp³-hybridized carbons (Fsp3) is 0.217. The molecule has 0 spiro atoms. The van der Waals surface area contributed by atoms with Gasteiger partial charge in [0, 0.05) is 37.7 Å². The van der Waals surface area contributed by atoms with Crippen molar-refractivity contribution in [3.8, 4) is 0 Å². The summed E-state index contributed by atoms with van der Waals surface area (Å²) in [6.07, 6.45) is -1.01. The molecule has 2 aromatic carbocycles. The summed E-state index contributed by atoms with van der Waals surface area (Å²) in [5.74, 6) is 0. The van der Waals surface area contributed by atoms with Crippen LogP contribution in [-0.4, -0.2) is 30.3 Å². The molecule has 1 aliphatic heterocycles. The number of sulfonamides is 1. The van der Waals surface area contributed by atoms with Gasteiger partial charge in [0.1, 0.15) is 0 Å². The van der Waals surface area contributed by atoms with Crippen molar-refractivity contribution < 1.29 is 26.4 Å². The Morgan fingerprint density at radius 2 is 1.71 bits per heavy atom. The zero-order chi connectivity index (χ0) is 24.3. The summed E-state index contributed by atoms with van der Waals surface area (Å²) in [6.45, 7) is 0.378. The van der Waals surface area contributed by atoms with Gasteiger partial charge < -0.3 is 10.6 Å². The van der Waals surface area contributed by atoms with Crippen molar-refractivity contribution >= 4 is 21.7 Å². The molecule has 0 bridgehead atoms. The van der Waals surface area contributed by atoms with Crippen LogP contribution in [0.1, 0.15) is 22.3 Å². The number of carbonyl (C=O) groups is 1. The molecular weight excluding hydrogens is 469 g/mol. The Morgan fingerprint density at radius 3 is 2.38 bits per heavy atom. The van der Waals surface area contributed by atoms with E-state index in [0.29, 0.717) is 23.4 Å². The van der Waals surface area contributed by atoms with E-state index in [9.17, 15) is 26.4 Å². The maximum atomic E-state index is 13.1. The number of halogens is 3. The van der Waals surface area contributed by atoms with Gasteiger partial charge in [-0.25, -0.2) is 13.2 Å². The van der Waals surface area contributed by atoms with Crippen molar-refractivity contribution in [2.75, 3.05) is 11.9 Å². The predicted molar refractivity (Wildman–Crippen MR) is 119 cm³/mol. The molecule has 4 rings (SSSR count). The normalized spacial score (nSPS) is 14.3. The average Bonchev–Trinajstić information content (AvgIpc) is 2.82. The lowest BCUT2D eigenvalue weighted by molar-refractivity contribution is -0.137. The van der Waals surface area contributed by atoms with Gasteiger partial charge in [-0.2, -0.15) is 17.5 Å². The maximum Gasteiger partial charge on any atom is 0.416 e. The number of hydrogen-bond donors (Lipinski definition) is 2. The SMILES string of the molecule is O=C(NCc1ccncc1)Nc1ccc(S(=O)(=O)N2CCc3cc(C(F)(F)F)ccc3C2)cc1. The molecule has 0 aliphatic carbocycles. The number of pyridine rings is 1. The molecule has 0 saturated carbocycles. The Bertz CT molecular complexity index is 1280. The first kappa shape index (κ1) is 23.7. The highest BCUT2D eigenvalue weighted by molar-refractivity contribution is 7.89. The van der Waals surface area contributed by atoms with Crippen LogP contribution in [0.15, 0.2) is 71.9 Å². The van der Waals surface area contributed by atoms with Crippen molar-refractivity contribution in [1.82, 2.24) is 14.6 Å². The van der Waals surface area contributed by atoms with E-state index in [4.69, 9.17) is 0 Å². The van der Waals surface area contributed by atoms with Gasteiger partial charge in [-0.05, 0) is 71.6 Å². The van der Waals surface area contributed by atoms with Gasteiger partial charge in [-0.1, -0.05) is 6.07 Å². The molecule has 34 heavy (non-hydrogen) atoms. The minimum Gasteiger partial charge on any atom is -0.334 e. The van der Waals surface area contributed by atoms with E-state index in [1.54, 1.807) is 24.5 Å². The monoisotopic (exact) mass is 490 g/mol. The standard InChI is InChI=1S/C23H21F3N4O3S/c24-23(25,26)19-2-1-18-15-30(12-9-17(18)13-19)34(32,33)21-5-3-20(4-6-21)29-22(31)28-14-16-7-10-27-11-8-16/h1-8,10-11,13H,9,12,14-15H2,(H2,28,29,31). The van der Waals surface area contributed by atoms with Crippen molar-refractivity contribution in [2.45, 2.75) is 30.6 Å². The molecule has 0 radical (unpaired) electrons. The second kappa shape index (κ2) is 9.43. The second-order valence-corrected chi connectivity index (χ2v) is 9.70. The van der Waals surface area contributed by atoms with E-state index in [-0.39, 0.29) is 24.4 Å². The van der Waals surface area contributed by atoms with Gasteiger partial charge in [-0.15, -0.1) is 0 Å². The zero-order valence-electron chi connectivity index (χ0n) is 17.8. The number of carbonyl (C=O) groups excluding carboxylic acids is 1. The summed E-state index contributed by atoms with van der Waals surface area (Å²) in [6, 6.07) is 12.2. The molecule has 178 valence electrons. The third kappa shape index (κ3) is 5.37. The highest BCUT2D eigenvalue weighted by Crippen LogP contribution is 2.33. The number of rotatable bonds is 5. The van der Waals surface area contributed by atoms with Crippen LogP contribution in [0.2, 0.25) is 0 Å². The molecule has 7 nitrogen and oxygen atoms in total. The number of amides is 2. The molecule has 1 aromatic heterocycles. The lowest BCUT2D eigenvalue weighted by Gasteiger charge is -2.28. The Morgan fingerprint density at radius 1 is 1.00 bits per heavy atom. The average molecular weight is 491 g/mol. The highest BCUT2D eigenvalue weighted by Gasteiger charge is 2.33. The summed E-state index contributed by atoms with van der Waals surface area (Å²) >= 11 is 0. The summed E-state index contributed by atoms with van der Waals surface area (Å²) < 4.78 is 66.2. The van der Waals surface area contributed by atoms with Crippen molar-refractivity contribution in [3.05, 3.63) is 89.2 Å². The summed E-state index contributed by atoms with van der Waals surface area (Å²) in [7, 11) is -3.86. The van der Waals surface area contributed by atoms with Crippen LogP contribution >= 0.6 is 0 Å². The minimum absolute atomic E-state index is 0.00673. The van der Waals surface area contributed by atoms with E-state index >= 15 is 0 Å². The van der Waals surface area contributed by atoms with Crippen molar-refractivity contribution in [1.29, 1.82) is 0 Å².